The first-order valence-electron chi connectivity index (χ1n) is 11.7. The molecule has 0 atom stereocenters. The van der Waals surface area contributed by atoms with Crippen LogP contribution in [-0.2, 0) is 0 Å². The summed E-state index contributed by atoms with van der Waals surface area (Å²) in [5.74, 6) is -0.0506. The number of Topliss-reactive ketones (excluding diaryl/α,β-unsaturated/α-hetero) is 1. The van der Waals surface area contributed by atoms with Crippen molar-refractivity contribution in [2.24, 2.45) is 0 Å². The Morgan fingerprint density at radius 1 is 0.794 bits per heavy atom. The summed E-state index contributed by atoms with van der Waals surface area (Å²) in [7, 11) is 4.01. The standard InChI is InChI=1S/C29H31N3O2/c1-6-31(7-2)25-14-10-22(11-15-25)29(34)28-19-26(21-8-12-24(13-9-21)30(4)5)27-18-23(20(3)33)16-17-32(27)28/h8-19H,6-7H2,1-5H3. The molecule has 0 fully saturated rings. The largest absolute Gasteiger partial charge is 0.378 e. The number of fused-ring (bicyclic) bond motifs is 1. The highest BCUT2D eigenvalue weighted by Gasteiger charge is 2.19. The van der Waals surface area contributed by atoms with E-state index in [4.69, 9.17) is 0 Å². The Morgan fingerprint density at radius 2 is 1.41 bits per heavy atom. The summed E-state index contributed by atoms with van der Waals surface area (Å²) >= 11 is 0. The molecule has 2 heterocycles. The van der Waals surface area contributed by atoms with Crippen molar-refractivity contribution in [1.29, 1.82) is 0 Å². The minimum absolute atomic E-state index is 0.00234. The van der Waals surface area contributed by atoms with E-state index in [1.807, 2.05) is 66.0 Å². The molecular formula is C29H31N3O2. The van der Waals surface area contributed by atoms with E-state index in [1.54, 1.807) is 13.0 Å². The fourth-order valence-electron chi connectivity index (χ4n) is 4.32. The molecule has 4 aromatic rings. The number of carbonyl (C=O) groups is 2. The van der Waals surface area contributed by atoms with Crippen LogP contribution in [0.25, 0.3) is 16.6 Å². The molecule has 5 nitrogen and oxygen atoms in total. The monoisotopic (exact) mass is 453 g/mol. The summed E-state index contributed by atoms with van der Waals surface area (Å²) in [5, 5.41) is 0. The molecule has 5 heteroatoms. The van der Waals surface area contributed by atoms with Crippen LogP contribution in [0.2, 0.25) is 0 Å². The molecule has 2 aromatic heterocycles. The van der Waals surface area contributed by atoms with Crippen molar-refractivity contribution in [3.05, 3.63) is 89.7 Å². The molecule has 2 aromatic carbocycles. The quantitative estimate of drug-likeness (QED) is 0.309. The molecule has 0 unspecified atom stereocenters. The minimum atomic E-state index is -0.0483. The molecule has 0 aliphatic carbocycles. The van der Waals surface area contributed by atoms with Crippen LogP contribution in [-0.4, -0.2) is 43.2 Å². The van der Waals surface area contributed by atoms with Gasteiger partial charge in [-0.25, -0.2) is 0 Å². The van der Waals surface area contributed by atoms with Crippen molar-refractivity contribution in [1.82, 2.24) is 4.40 Å². The summed E-state index contributed by atoms with van der Waals surface area (Å²) in [6.45, 7) is 7.64. The van der Waals surface area contributed by atoms with E-state index >= 15 is 0 Å². The lowest BCUT2D eigenvalue weighted by Crippen LogP contribution is -2.21. The van der Waals surface area contributed by atoms with E-state index < -0.39 is 0 Å². The topological polar surface area (TPSA) is 45.0 Å². The average Bonchev–Trinajstić information content (AvgIpc) is 3.23. The van der Waals surface area contributed by atoms with Gasteiger partial charge in [-0.05, 0) is 80.9 Å². The van der Waals surface area contributed by atoms with Crippen molar-refractivity contribution in [2.45, 2.75) is 20.8 Å². The lowest BCUT2D eigenvalue weighted by molar-refractivity contribution is 0.101. The molecule has 0 amide bonds. The third-order valence-electron chi connectivity index (χ3n) is 6.36. The second-order valence-corrected chi connectivity index (χ2v) is 8.66. The normalized spacial score (nSPS) is 11.0. The highest BCUT2D eigenvalue weighted by atomic mass is 16.1. The summed E-state index contributed by atoms with van der Waals surface area (Å²) in [5.41, 5.74) is 6.81. The number of carbonyl (C=O) groups excluding carboxylic acids is 2. The van der Waals surface area contributed by atoms with E-state index in [2.05, 4.69) is 43.0 Å². The van der Waals surface area contributed by atoms with E-state index in [1.165, 1.54) is 0 Å². The molecule has 0 spiro atoms. The molecule has 0 bridgehead atoms. The molecule has 4 rings (SSSR count). The number of pyridine rings is 1. The van der Waals surface area contributed by atoms with Crippen molar-refractivity contribution in [3.63, 3.8) is 0 Å². The molecular weight excluding hydrogens is 422 g/mol. The van der Waals surface area contributed by atoms with Gasteiger partial charge in [0, 0.05) is 61.4 Å². The Hall–Kier alpha value is -3.86. The smallest absolute Gasteiger partial charge is 0.209 e. The van der Waals surface area contributed by atoms with E-state index in [-0.39, 0.29) is 11.6 Å². The number of rotatable bonds is 8. The first kappa shape index (κ1) is 23.3. The predicted octanol–water partition coefficient (Wildman–Crippen LogP) is 5.95. The highest BCUT2D eigenvalue weighted by Crippen LogP contribution is 2.31. The maximum absolute atomic E-state index is 13.6. The fraction of sp³-hybridized carbons (Fsp3) is 0.241. The van der Waals surface area contributed by atoms with Crippen LogP contribution >= 0.6 is 0 Å². The zero-order valence-corrected chi connectivity index (χ0v) is 20.5. The molecule has 0 saturated heterocycles. The Kier molecular flexibility index (Phi) is 6.55. The van der Waals surface area contributed by atoms with Crippen molar-refractivity contribution >= 4 is 28.5 Å². The average molecular weight is 454 g/mol. The number of ketones is 2. The Balaban J connectivity index is 1.81. The lowest BCUT2D eigenvalue weighted by atomic mass is 10.0. The second kappa shape index (κ2) is 9.56. The molecule has 174 valence electrons. The lowest BCUT2D eigenvalue weighted by Gasteiger charge is -2.21. The first-order chi connectivity index (χ1) is 16.3. The molecule has 0 N–H and O–H groups in total. The van der Waals surface area contributed by atoms with Gasteiger partial charge in [0.1, 0.15) is 0 Å². The number of anilines is 2. The van der Waals surface area contributed by atoms with Crippen molar-refractivity contribution in [2.75, 3.05) is 37.0 Å². The zero-order chi connectivity index (χ0) is 24.4. The summed E-state index contributed by atoms with van der Waals surface area (Å²) < 4.78 is 1.89. The Bertz CT molecular complexity index is 1330. The SMILES string of the molecule is CCN(CC)c1ccc(C(=O)c2cc(-c3ccc(N(C)C)cc3)c3cc(C(C)=O)ccn23)cc1. The predicted molar refractivity (Wildman–Crippen MR) is 141 cm³/mol. The minimum Gasteiger partial charge on any atom is -0.378 e. The van der Waals surface area contributed by atoms with Gasteiger partial charge in [0.15, 0.2) is 5.78 Å². The number of nitrogens with zero attached hydrogens (tertiary/aromatic N) is 3. The van der Waals surface area contributed by atoms with Crippen molar-refractivity contribution < 1.29 is 9.59 Å². The molecule has 34 heavy (non-hydrogen) atoms. The summed E-state index contributed by atoms with van der Waals surface area (Å²) in [4.78, 5) is 29.9. The third kappa shape index (κ3) is 4.34. The van der Waals surface area contributed by atoms with Gasteiger partial charge < -0.3 is 14.2 Å². The van der Waals surface area contributed by atoms with Crippen LogP contribution in [0.15, 0.2) is 72.9 Å². The number of hydrogen-bond acceptors (Lipinski definition) is 4. The van der Waals surface area contributed by atoms with Gasteiger partial charge in [-0.15, -0.1) is 0 Å². The van der Waals surface area contributed by atoms with Crippen LogP contribution in [0.3, 0.4) is 0 Å². The Morgan fingerprint density at radius 3 is 1.97 bits per heavy atom. The summed E-state index contributed by atoms with van der Waals surface area (Å²) in [6.07, 6.45) is 1.82. The van der Waals surface area contributed by atoms with Crippen LogP contribution in [0.1, 0.15) is 47.2 Å². The van der Waals surface area contributed by atoms with Gasteiger partial charge in [0.2, 0.25) is 5.78 Å². The van der Waals surface area contributed by atoms with Crippen LogP contribution in [0, 0.1) is 0 Å². The maximum Gasteiger partial charge on any atom is 0.209 e. The van der Waals surface area contributed by atoms with Gasteiger partial charge >= 0.3 is 0 Å². The Labute approximate surface area is 201 Å². The van der Waals surface area contributed by atoms with Crippen LogP contribution in [0.5, 0.6) is 0 Å². The van der Waals surface area contributed by atoms with Gasteiger partial charge in [0.25, 0.3) is 0 Å². The summed E-state index contributed by atoms with van der Waals surface area (Å²) in [6, 6.07) is 21.6. The molecule has 0 aliphatic heterocycles. The fourth-order valence-corrected chi connectivity index (χ4v) is 4.32. The van der Waals surface area contributed by atoms with E-state index in [0.717, 1.165) is 41.1 Å². The van der Waals surface area contributed by atoms with Crippen molar-refractivity contribution in [3.8, 4) is 11.1 Å². The number of aromatic nitrogens is 1. The maximum atomic E-state index is 13.6. The zero-order valence-electron chi connectivity index (χ0n) is 20.5. The highest BCUT2D eigenvalue weighted by molar-refractivity contribution is 6.10. The number of hydrogen-bond donors (Lipinski definition) is 0. The van der Waals surface area contributed by atoms with Gasteiger partial charge in [0.05, 0.1) is 11.2 Å². The molecule has 0 saturated carbocycles. The molecule has 0 radical (unpaired) electrons. The van der Waals surface area contributed by atoms with E-state index in [9.17, 15) is 9.59 Å². The van der Waals surface area contributed by atoms with Gasteiger partial charge in [-0.1, -0.05) is 12.1 Å². The second-order valence-electron chi connectivity index (χ2n) is 8.66. The number of benzene rings is 2. The first-order valence-corrected chi connectivity index (χ1v) is 11.7. The van der Waals surface area contributed by atoms with Gasteiger partial charge in [-0.2, -0.15) is 0 Å². The third-order valence-corrected chi connectivity index (χ3v) is 6.36. The molecule has 0 aliphatic rings. The van der Waals surface area contributed by atoms with E-state index in [0.29, 0.717) is 16.8 Å². The van der Waals surface area contributed by atoms with Crippen LogP contribution in [0.4, 0.5) is 11.4 Å². The van der Waals surface area contributed by atoms with Gasteiger partial charge in [-0.3, -0.25) is 9.59 Å². The van der Waals surface area contributed by atoms with Crippen LogP contribution < -0.4 is 9.80 Å².